The lowest BCUT2D eigenvalue weighted by Crippen LogP contribution is -2.15. The highest BCUT2D eigenvalue weighted by molar-refractivity contribution is 5.91. The first-order valence-corrected chi connectivity index (χ1v) is 11.4. The van der Waals surface area contributed by atoms with Gasteiger partial charge < -0.3 is 9.47 Å². The second-order valence-corrected chi connectivity index (χ2v) is 8.54. The van der Waals surface area contributed by atoms with Crippen LogP contribution in [0.5, 0.6) is 17.4 Å². The summed E-state index contributed by atoms with van der Waals surface area (Å²) in [6.45, 7) is 0. The van der Waals surface area contributed by atoms with E-state index in [1.807, 2.05) is 48.5 Å². The molecule has 6 heteroatoms. The van der Waals surface area contributed by atoms with E-state index in [9.17, 15) is 0 Å². The van der Waals surface area contributed by atoms with E-state index < -0.39 is 0 Å². The summed E-state index contributed by atoms with van der Waals surface area (Å²) in [7, 11) is 1.68. The summed E-state index contributed by atoms with van der Waals surface area (Å²) >= 11 is 0. The maximum absolute atomic E-state index is 6.39. The molecule has 6 aromatic rings. The Bertz CT molecular complexity index is 1710. The number of methoxy groups -OCH3 is 1. The number of aromatic nitrogens is 4. The average Bonchev–Trinajstić information content (AvgIpc) is 3.37. The van der Waals surface area contributed by atoms with Crippen LogP contribution in [0.3, 0.4) is 0 Å². The molecule has 0 amide bonds. The summed E-state index contributed by atoms with van der Waals surface area (Å²) in [5.41, 5.74) is 4.78. The van der Waals surface area contributed by atoms with Gasteiger partial charge in [0.05, 0.1) is 12.7 Å². The van der Waals surface area contributed by atoms with Crippen molar-refractivity contribution in [3.63, 3.8) is 0 Å². The van der Waals surface area contributed by atoms with Gasteiger partial charge in [0.1, 0.15) is 17.8 Å². The Morgan fingerprint density at radius 3 is 2.46 bits per heavy atom. The van der Waals surface area contributed by atoms with Gasteiger partial charge in [0.2, 0.25) is 5.88 Å². The normalized spacial score (nSPS) is 14.4. The van der Waals surface area contributed by atoms with Crippen molar-refractivity contribution in [2.24, 2.45) is 0 Å². The van der Waals surface area contributed by atoms with Crippen LogP contribution in [0.1, 0.15) is 22.6 Å². The van der Waals surface area contributed by atoms with E-state index in [1.54, 1.807) is 18.0 Å². The summed E-state index contributed by atoms with van der Waals surface area (Å²) in [6.07, 6.45) is 1.67. The highest BCUT2D eigenvalue weighted by atomic mass is 16.5. The predicted molar refractivity (Wildman–Crippen MR) is 134 cm³/mol. The molecule has 3 heterocycles. The molecule has 1 atom stereocenters. The maximum atomic E-state index is 6.39. The zero-order valence-corrected chi connectivity index (χ0v) is 18.9. The molecule has 0 fully saturated rings. The van der Waals surface area contributed by atoms with Crippen molar-refractivity contribution in [3.05, 3.63) is 114 Å². The van der Waals surface area contributed by atoms with Crippen LogP contribution in [0.4, 0.5) is 0 Å². The third kappa shape index (κ3) is 3.07. The number of fused-ring (bicyclic) bond motifs is 6. The van der Waals surface area contributed by atoms with Crippen molar-refractivity contribution in [1.82, 2.24) is 19.6 Å². The van der Waals surface area contributed by atoms with Crippen LogP contribution < -0.4 is 9.47 Å². The third-order valence-corrected chi connectivity index (χ3v) is 6.58. The fraction of sp³-hybridized carbons (Fsp3) is 0.0690. The number of hydrogen-bond donors (Lipinski definition) is 0. The van der Waals surface area contributed by atoms with E-state index in [-0.39, 0.29) is 5.92 Å². The van der Waals surface area contributed by atoms with Gasteiger partial charge >= 0.3 is 0 Å². The Kier molecular flexibility index (Phi) is 4.32. The van der Waals surface area contributed by atoms with Gasteiger partial charge in [0.25, 0.3) is 0 Å². The molecule has 1 aliphatic rings. The Hall–Kier alpha value is -4.71. The van der Waals surface area contributed by atoms with E-state index in [0.29, 0.717) is 11.7 Å². The minimum atomic E-state index is -0.144. The molecule has 1 aliphatic heterocycles. The van der Waals surface area contributed by atoms with Gasteiger partial charge in [-0.2, -0.15) is 0 Å². The lowest BCUT2D eigenvalue weighted by Gasteiger charge is -2.29. The molecule has 4 aromatic carbocycles. The standard InChI is InChI=1S/C29H20N4O2/c1-34-21-14-11-19(12-15-21)24-25-22-10-6-5-7-18(22)13-16-23(25)35-29-26(24)28-31-27(32-33(28)17-30-29)20-8-3-2-4-9-20/h2-17,24H,1H3/t24-/m0/s1. The average molecular weight is 457 g/mol. The van der Waals surface area contributed by atoms with Crippen LogP contribution in [0.2, 0.25) is 0 Å². The summed E-state index contributed by atoms with van der Waals surface area (Å²) < 4.78 is 13.6. The molecule has 168 valence electrons. The second-order valence-electron chi connectivity index (χ2n) is 8.54. The third-order valence-electron chi connectivity index (χ3n) is 6.58. The van der Waals surface area contributed by atoms with Crippen LogP contribution in [0.25, 0.3) is 27.8 Å². The number of benzene rings is 4. The fourth-order valence-corrected chi connectivity index (χ4v) is 4.94. The SMILES string of the molecule is COc1ccc([C@H]2c3c(ccc4ccccc34)Oc3ncn4nc(-c5ccccc5)nc4c32)cc1. The maximum Gasteiger partial charge on any atom is 0.228 e. The zero-order chi connectivity index (χ0) is 23.4. The first-order chi connectivity index (χ1) is 17.3. The van der Waals surface area contributed by atoms with Crippen LogP contribution in [-0.4, -0.2) is 26.7 Å². The molecule has 7 rings (SSSR count). The molecule has 2 aromatic heterocycles. The number of ether oxygens (including phenoxy) is 2. The Morgan fingerprint density at radius 1 is 0.829 bits per heavy atom. The van der Waals surface area contributed by atoms with Gasteiger partial charge in [-0.25, -0.2) is 14.5 Å². The molecule has 0 spiro atoms. The minimum Gasteiger partial charge on any atom is -0.497 e. The highest BCUT2D eigenvalue weighted by Crippen LogP contribution is 2.50. The first kappa shape index (κ1) is 19.7. The first-order valence-electron chi connectivity index (χ1n) is 11.4. The summed E-state index contributed by atoms with van der Waals surface area (Å²) in [4.78, 5) is 9.62. The fourth-order valence-electron chi connectivity index (χ4n) is 4.94. The molecule has 0 N–H and O–H groups in total. The van der Waals surface area contributed by atoms with Crippen LogP contribution in [-0.2, 0) is 0 Å². The van der Waals surface area contributed by atoms with Crippen LogP contribution in [0, 0.1) is 0 Å². The Morgan fingerprint density at radius 2 is 1.63 bits per heavy atom. The number of rotatable bonds is 3. The van der Waals surface area contributed by atoms with E-state index >= 15 is 0 Å². The van der Waals surface area contributed by atoms with E-state index in [2.05, 4.69) is 47.4 Å². The minimum absolute atomic E-state index is 0.144. The highest BCUT2D eigenvalue weighted by Gasteiger charge is 2.34. The molecular weight excluding hydrogens is 436 g/mol. The van der Waals surface area contributed by atoms with Crippen molar-refractivity contribution >= 4 is 16.4 Å². The van der Waals surface area contributed by atoms with E-state index in [0.717, 1.165) is 50.2 Å². The summed E-state index contributed by atoms with van der Waals surface area (Å²) in [5, 5.41) is 7.03. The molecule has 35 heavy (non-hydrogen) atoms. The van der Waals surface area contributed by atoms with Crippen molar-refractivity contribution in [2.45, 2.75) is 5.92 Å². The summed E-state index contributed by atoms with van der Waals surface area (Å²) in [5.74, 6) is 2.67. The quantitative estimate of drug-likeness (QED) is 0.315. The molecule has 6 nitrogen and oxygen atoms in total. The van der Waals surface area contributed by atoms with Gasteiger partial charge in [-0.15, -0.1) is 5.10 Å². The predicted octanol–water partition coefficient (Wildman–Crippen LogP) is 6.24. The lowest BCUT2D eigenvalue weighted by atomic mass is 9.81. The van der Waals surface area contributed by atoms with E-state index in [4.69, 9.17) is 19.6 Å². The van der Waals surface area contributed by atoms with Gasteiger partial charge in [-0.1, -0.05) is 72.8 Å². The largest absolute Gasteiger partial charge is 0.497 e. The molecule has 0 aliphatic carbocycles. The van der Waals surface area contributed by atoms with Gasteiger partial charge in [-0.3, -0.25) is 0 Å². The molecule has 0 radical (unpaired) electrons. The number of nitrogens with zero attached hydrogens (tertiary/aromatic N) is 4. The summed E-state index contributed by atoms with van der Waals surface area (Å²) in [6, 6.07) is 30.7. The zero-order valence-electron chi connectivity index (χ0n) is 18.9. The Labute approximate surface area is 201 Å². The molecule has 0 saturated heterocycles. The van der Waals surface area contributed by atoms with Crippen LogP contribution >= 0.6 is 0 Å². The molecule has 0 unspecified atom stereocenters. The van der Waals surface area contributed by atoms with Gasteiger partial charge in [-0.05, 0) is 34.5 Å². The monoisotopic (exact) mass is 456 g/mol. The van der Waals surface area contributed by atoms with Gasteiger partial charge in [0, 0.05) is 17.0 Å². The topological polar surface area (TPSA) is 61.5 Å². The van der Waals surface area contributed by atoms with Crippen molar-refractivity contribution in [1.29, 1.82) is 0 Å². The van der Waals surface area contributed by atoms with Crippen molar-refractivity contribution in [3.8, 4) is 28.8 Å². The van der Waals surface area contributed by atoms with E-state index in [1.165, 1.54) is 0 Å². The molecular formula is C29H20N4O2. The lowest BCUT2D eigenvalue weighted by molar-refractivity contribution is 0.414. The van der Waals surface area contributed by atoms with Crippen LogP contribution in [0.15, 0.2) is 97.3 Å². The Balaban J connectivity index is 1.53. The van der Waals surface area contributed by atoms with Crippen molar-refractivity contribution < 1.29 is 9.47 Å². The second kappa shape index (κ2) is 7.67. The smallest absolute Gasteiger partial charge is 0.228 e. The molecule has 0 bridgehead atoms. The molecule has 0 saturated carbocycles. The van der Waals surface area contributed by atoms with Gasteiger partial charge in [0.15, 0.2) is 11.5 Å². The number of hydrogen-bond acceptors (Lipinski definition) is 5. The van der Waals surface area contributed by atoms with Crippen molar-refractivity contribution in [2.75, 3.05) is 7.11 Å².